The van der Waals surface area contributed by atoms with E-state index in [1.54, 1.807) is 0 Å². The van der Waals surface area contributed by atoms with Gasteiger partial charge in [-0.1, -0.05) is 12.1 Å². The van der Waals surface area contributed by atoms with Gasteiger partial charge in [0.1, 0.15) is 23.9 Å². The monoisotopic (exact) mass is 593 g/mol. The van der Waals surface area contributed by atoms with E-state index in [4.69, 9.17) is 28.7 Å². The zero-order chi connectivity index (χ0) is 31.8. The van der Waals surface area contributed by atoms with Crippen LogP contribution in [0.1, 0.15) is 44.1 Å². The molecular formula is C25H39N9O8. The summed E-state index contributed by atoms with van der Waals surface area (Å²) in [6.07, 6.45) is -0.814. The van der Waals surface area contributed by atoms with Gasteiger partial charge in [0.2, 0.25) is 29.5 Å². The lowest BCUT2D eigenvalue weighted by atomic mass is 10.0. The molecule has 5 amide bonds. The van der Waals surface area contributed by atoms with Crippen LogP contribution in [-0.2, 0) is 35.2 Å². The number of rotatable bonds is 19. The van der Waals surface area contributed by atoms with Gasteiger partial charge in [0.05, 0.1) is 6.04 Å². The molecule has 0 saturated carbocycles. The lowest BCUT2D eigenvalue weighted by molar-refractivity contribution is -0.142. The molecule has 0 fully saturated rings. The molecule has 42 heavy (non-hydrogen) atoms. The van der Waals surface area contributed by atoms with Crippen LogP contribution in [0.3, 0.4) is 0 Å². The number of carboxylic acid groups (broad SMARTS) is 1. The third-order valence-corrected chi connectivity index (χ3v) is 5.92. The van der Waals surface area contributed by atoms with Gasteiger partial charge in [-0.25, -0.2) is 4.79 Å². The Hall–Kier alpha value is -4.93. The van der Waals surface area contributed by atoms with Crippen LogP contribution >= 0.6 is 0 Å². The predicted octanol–water partition coefficient (Wildman–Crippen LogP) is -3.61. The van der Waals surface area contributed by atoms with Gasteiger partial charge < -0.3 is 54.8 Å². The first-order chi connectivity index (χ1) is 19.7. The van der Waals surface area contributed by atoms with Crippen molar-refractivity contribution in [2.75, 3.05) is 6.54 Å². The predicted molar refractivity (Wildman–Crippen MR) is 150 cm³/mol. The minimum Gasteiger partial charge on any atom is -0.508 e. The van der Waals surface area contributed by atoms with Crippen molar-refractivity contribution in [2.24, 2.45) is 33.7 Å². The Balaban J connectivity index is 3.03. The highest BCUT2D eigenvalue weighted by atomic mass is 16.4. The Labute approximate surface area is 241 Å². The molecular weight excluding hydrogens is 554 g/mol. The highest BCUT2D eigenvalue weighted by molar-refractivity contribution is 5.94. The maximum absolute atomic E-state index is 13.2. The lowest BCUT2D eigenvalue weighted by Crippen LogP contribution is -2.57. The SMILES string of the molecule is NC(=O)CCC(NC(=O)C(N)CCCN=C(N)N)C(=O)NC(CCC(N)=O)C(=O)NC(Cc1ccc(O)cc1)C(=O)O. The highest BCUT2D eigenvalue weighted by Crippen LogP contribution is 2.12. The van der Waals surface area contributed by atoms with E-state index < -0.39 is 59.7 Å². The Morgan fingerprint density at radius 3 is 1.67 bits per heavy atom. The average Bonchev–Trinajstić information content (AvgIpc) is 2.91. The summed E-state index contributed by atoms with van der Waals surface area (Å²) in [5.41, 5.74) is 27.3. The third-order valence-electron chi connectivity index (χ3n) is 5.92. The fraction of sp³-hybridized carbons (Fsp3) is 0.480. The maximum atomic E-state index is 13.2. The van der Waals surface area contributed by atoms with E-state index in [1.165, 1.54) is 24.3 Å². The standard InChI is InChI=1S/C25H39N9O8/c26-15(2-1-11-31-25(29)30)21(38)32-16(7-9-19(27)36)22(39)33-17(8-10-20(28)37)23(40)34-18(24(41)42)12-13-3-5-14(35)6-4-13/h3-6,15-18,35H,1-2,7-12,26H2,(H2,27,36)(H2,28,37)(H,32,38)(H,33,39)(H,34,40)(H,41,42)(H4,29,30,31). The number of benzene rings is 1. The smallest absolute Gasteiger partial charge is 0.326 e. The molecule has 4 unspecified atom stereocenters. The molecule has 0 radical (unpaired) electrons. The molecule has 0 spiro atoms. The fourth-order valence-electron chi connectivity index (χ4n) is 3.65. The Bertz CT molecular complexity index is 1140. The summed E-state index contributed by atoms with van der Waals surface area (Å²) < 4.78 is 0. The second-order valence-electron chi connectivity index (χ2n) is 9.46. The summed E-state index contributed by atoms with van der Waals surface area (Å²) in [6, 6.07) is 0.358. The second-order valence-corrected chi connectivity index (χ2v) is 9.46. The molecule has 4 atom stereocenters. The van der Waals surface area contributed by atoms with Crippen molar-refractivity contribution in [1.29, 1.82) is 0 Å². The number of nitrogens with zero attached hydrogens (tertiary/aromatic N) is 1. The number of aliphatic imine (C=N–C) groups is 1. The van der Waals surface area contributed by atoms with Crippen molar-refractivity contribution < 1.29 is 39.0 Å². The van der Waals surface area contributed by atoms with Crippen LogP contribution < -0.4 is 44.6 Å². The Morgan fingerprint density at radius 2 is 1.21 bits per heavy atom. The first-order valence-electron chi connectivity index (χ1n) is 13.0. The number of phenolic OH excluding ortho intramolecular Hbond substituents is 1. The van der Waals surface area contributed by atoms with Gasteiger partial charge in [0.25, 0.3) is 0 Å². The number of aliphatic carboxylic acids is 1. The van der Waals surface area contributed by atoms with Gasteiger partial charge >= 0.3 is 5.97 Å². The molecule has 0 bridgehead atoms. The first-order valence-corrected chi connectivity index (χ1v) is 13.0. The topological polar surface area (TPSA) is 321 Å². The number of hydrogen-bond donors (Lipinski definition) is 10. The number of carboxylic acids is 1. The second kappa shape index (κ2) is 17.7. The summed E-state index contributed by atoms with van der Waals surface area (Å²) in [4.78, 5) is 77.3. The number of nitrogens with two attached hydrogens (primary N) is 5. The van der Waals surface area contributed by atoms with Gasteiger partial charge in [-0.2, -0.15) is 0 Å². The minimum atomic E-state index is -1.44. The molecule has 0 saturated heterocycles. The molecule has 1 aromatic rings. The van der Waals surface area contributed by atoms with Crippen LogP contribution in [-0.4, -0.2) is 82.4 Å². The van der Waals surface area contributed by atoms with Crippen LogP contribution in [0, 0.1) is 0 Å². The maximum Gasteiger partial charge on any atom is 0.326 e. The van der Waals surface area contributed by atoms with E-state index >= 15 is 0 Å². The molecule has 17 nitrogen and oxygen atoms in total. The number of primary amides is 2. The normalized spacial score (nSPS) is 13.5. The average molecular weight is 594 g/mol. The van der Waals surface area contributed by atoms with Crippen LogP contribution in [0.15, 0.2) is 29.3 Å². The molecule has 0 aliphatic carbocycles. The van der Waals surface area contributed by atoms with Gasteiger partial charge in [-0.3, -0.25) is 29.0 Å². The molecule has 0 aliphatic rings. The quantitative estimate of drug-likeness (QED) is 0.0424. The molecule has 17 heteroatoms. The Kier molecular flexibility index (Phi) is 14.8. The van der Waals surface area contributed by atoms with E-state index in [-0.39, 0.29) is 56.8 Å². The molecule has 232 valence electrons. The number of guanidine groups is 1. The van der Waals surface area contributed by atoms with E-state index in [2.05, 4.69) is 20.9 Å². The number of carbonyl (C=O) groups is 6. The highest BCUT2D eigenvalue weighted by Gasteiger charge is 2.31. The zero-order valence-electron chi connectivity index (χ0n) is 23.0. The number of phenols is 1. The number of aromatic hydroxyl groups is 1. The zero-order valence-corrected chi connectivity index (χ0v) is 23.0. The lowest BCUT2D eigenvalue weighted by Gasteiger charge is -2.25. The van der Waals surface area contributed by atoms with Crippen molar-refractivity contribution >= 4 is 41.5 Å². The molecule has 0 aromatic heterocycles. The van der Waals surface area contributed by atoms with Crippen LogP contribution in [0.5, 0.6) is 5.75 Å². The van der Waals surface area contributed by atoms with Crippen molar-refractivity contribution in [1.82, 2.24) is 16.0 Å². The van der Waals surface area contributed by atoms with E-state index in [0.29, 0.717) is 12.0 Å². The van der Waals surface area contributed by atoms with Gasteiger partial charge in [0, 0.05) is 25.8 Å². The minimum absolute atomic E-state index is 0.0335. The molecule has 0 heterocycles. The fourth-order valence-corrected chi connectivity index (χ4v) is 3.65. The number of amides is 5. The third kappa shape index (κ3) is 13.9. The molecule has 1 rings (SSSR count). The Morgan fingerprint density at radius 1 is 0.738 bits per heavy atom. The largest absolute Gasteiger partial charge is 0.508 e. The molecule has 1 aromatic carbocycles. The van der Waals surface area contributed by atoms with Crippen molar-refractivity contribution in [2.45, 2.75) is 69.1 Å². The van der Waals surface area contributed by atoms with Crippen LogP contribution in [0.2, 0.25) is 0 Å². The van der Waals surface area contributed by atoms with E-state index in [0.717, 1.165) is 0 Å². The van der Waals surface area contributed by atoms with Gasteiger partial charge in [-0.15, -0.1) is 0 Å². The number of carbonyl (C=O) groups excluding carboxylic acids is 5. The van der Waals surface area contributed by atoms with Crippen molar-refractivity contribution in [3.63, 3.8) is 0 Å². The summed E-state index contributed by atoms with van der Waals surface area (Å²) in [5.74, 6) is -5.66. The summed E-state index contributed by atoms with van der Waals surface area (Å²) in [6.45, 7) is 0.218. The first kappa shape index (κ1) is 35.1. The number of nitrogens with one attached hydrogen (secondary N) is 3. The molecule has 0 aliphatic heterocycles. The van der Waals surface area contributed by atoms with Crippen LogP contribution in [0.4, 0.5) is 0 Å². The summed E-state index contributed by atoms with van der Waals surface area (Å²) in [7, 11) is 0. The van der Waals surface area contributed by atoms with Crippen molar-refractivity contribution in [3.8, 4) is 5.75 Å². The summed E-state index contributed by atoms with van der Waals surface area (Å²) >= 11 is 0. The van der Waals surface area contributed by atoms with Gasteiger partial charge in [0.15, 0.2) is 5.96 Å². The number of hydrogen-bond acceptors (Lipinski definition) is 9. The summed E-state index contributed by atoms with van der Waals surface area (Å²) in [5, 5.41) is 26.2. The molecule has 15 N–H and O–H groups in total. The van der Waals surface area contributed by atoms with E-state index in [1.807, 2.05) is 0 Å². The van der Waals surface area contributed by atoms with Crippen LogP contribution in [0.25, 0.3) is 0 Å². The van der Waals surface area contributed by atoms with Gasteiger partial charge in [-0.05, 0) is 43.4 Å². The van der Waals surface area contributed by atoms with Crippen molar-refractivity contribution in [3.05, 3.63) is 29.8 Å². The van der Waals surface area contributed by atoms with E-state index in [9.17, 15) is 39.0 Å².